The minimum absolute atomic E-state index is 0.0175. The number of nitrogens with two attached hydrogens (primary N) is 1. The largest absolute Gasteiger partial charge is 0.385 e. The highest BCUT2D eigenvalue weighted by atomic mass is 31.1. The number of ether oxygens (including phenoxy) is 2. The Hall–Kier alpha value is -2.99. The van der Waals surface area contributed by atoms with Crippen LogP contribution in [0.4, 0.5) is 10.3 Å². The van der Waals surface area contributed by atoms with Gasteiger partial charge in [-0.2, -0.15) is 4.98 Å². The third-order valence-electron chi connectivity index (χ3n) is 7.00. The molecule has 0 radical (unpaired) electrons. The Morgan fingerprint density at radius 3 is 2.54 bits per heavy atom. The summed E-state index contributed by atoms with van der Waals surface area (Å²) >= 11 is 0. The quantitative estimate of drug-likeness (QED) is 0.206. The minimum Gasteiger partial charge on any atom is -0.385 e. The average Bonchev–Trinajstić information content (AvgIpc) is 3.70. The van der Waals surface area contributed by atoms with Crippen molar-refractivity contribution in [1.29, 1.82) is 0 Å². The number of aromatic amines is 2. The van der Waals surface area contributed by atoms with Gasteiger partial charge >= 0.3 is 0 Å². The molecule has 7 heterocycles. The Kier molecular flexibility index (Phi) is 7.01. The molecule has 3 aliphatic rings. The molecule has 3 aliphatic heterocycles. The molecule has 0 aliphatic carbocycles. The zero-order valence-electron chi connectivity index (χ0n) is 20.6. The maximum Gasteiger partial charge on any atom is 0.280 e. The zero-order valence-corrected chi connectivity index (χ0v) is 22.6. The second kappa shape index (κ2) is 10.7. The van der Waals surface area contributed by atoms with E-state index in [1.54, 1.807) is 0 Å². The lowest BCUT2D eigenvalue weighted by atomic mass is 10.0. The Labute approximate surface area is 230 Å². The number of halogens is 1. The van der Waals surface area contributed by atoms with Gasteiger partial charge in [-0.3, -0.25) is 23.7 Å². The first-order valence-electron chi connectivity index (χ1n) is 12.2. The third kappa shape index (κ3) is 4.63. The van der Waals surface area contributed by atoms with Gasteiger partial charge in [-0.15, -0.1) is 0 Å². The summed E-state index contributed by atoms with van der Waals surface area (Å²) in [5, 5.41) is 10.9. The predicted octanol–water partition coefficient (Wildman–Crippen LogP) is -0.632. The first kappa shape index (κ1) is 26.9. The van der Waals surface area contributed by atoms with E-state index in [-0.39, 0.29) is 41.5 Å². The van der Waals surface area contributed by atoms with E-state index in [1.807, 2.05) is 0 Å². The van der Waals surface area contributed by atoms with E-state index >= 15 is 4.39 Å². The van der Waals surface area contributed by atoms with Crippen molar-refractivity contribution in [2.24, 2.45) is 5.92 Å². The van der Waals surface area contributed by atoms with E-state index in [2.05, 4.69) is 29.9 Å². The summed E-state index contributed by atoms with van der Waals surface area (Å²) in [4.78, 5) is 45.4. The Bertz CT molecular complexity index is 1700. The highest BCUT2D eigenvalue weighted by Crippen LogP contribution is 2.43. The summed E-state index contributed by atoms with van der Waals surface area (Å²) in [7, 11) is -1.27. The Morgan fingerprint density at radius 2 is 1.71 bits per heavy atom. The number of nitrogens with one attached hydrogen (secondary N) is 2. The number of aliphatic hydroxyl groups is 1. The minimum atomic E-state index is -1.57. The number of H-pyrrole nitrogens is 2. The van der Waals surface area contributed by atoms with Gasteiger partial charge in [0, 0.05) is 5.92 Å². The van der Waals surface area contributed by atoms with Crippen LogP contribution in [0.5, 0.6) is 0 Å². The number of nitrogen functional groups attached to an aromatic ring is 1. The summed E-state index contributed by atoms with van der Waals surface area (Å²) in [5.41, 5.74) is 5.07. The number of rotatable bonds is 2. The van der Waals surface area contributed by atoms with Crippen LogP contribution in [0, 0.1) is 5.92 Å². The van der Waals surface area contributed by atoms with Crippen molar-refractivity contribution in [2.75, 3.05) is 18.9 Å². The van der Waals surface area contributed by atoms with Crippen molar-refractivity contribution in [3.63, 3.8) is 0 Å². The second-order valence-corrected chi connectivity index (χ2v) is 10.8. The number of alkyl halides is 1. The number of hydrogen-bond donors (Lipinski definition) is 4. The smallest absolute Gasteiger partial charge is 0.280 e. The van der Waals surface area contributed by atoms with Crippen LogP contribution in [0.3, 0.4) is 0 Å². The summed E-state index contributed by atoms with van der Waals surface area (Å²) in [6, 6.07) is 0. The van der Waals surface area contributed by atoms with E-state index in [0.717, 1.165) is 0 Å². The van der Waals surface area contributed by atoms with E-state index in [0.29, 0.717) is 0 Å². The molecule has 5 N–H and O–H groups in total. The molecule has 3 saturated heterocycles. The molecule has 41 heavy (non-hydrogen) atoms. The molecule has 0 amide bonds. The lowest BCUT2D eigenvalue weighted by Crippen LogP contribution is -2.33. The van der Waals surface area contributed by atoms with Crippen LogP contribution in [0.15, 0.2) is 28.6 Å². The van der Waals surface area contributed by atoms with E-state index in [4.69, 9.17) is 33.3 Å². The SMILES string of the molecule is Nc1nc2c(ncn2[C@@H]2OC3OPOC[C@H]4[C@H](F)[C@H](n5cnc6c(=O)[nH]cnc65)O[C@@H]4COPO[C@@H]2[C@@H]3O)c(=O)[nH]1. The number of nitrogens with zero attached hydrogens (tertiary/aromatic N) is 6. The molecule has 218 valence electrons. The molecule has 4 aromatic rings. The molecule has 18 nitrogen and oxygen atoms in total. The second-order valence-electron chi connectivity index (χ2n) is 9.38. The molecule has 0 aromatic carbocycles. The van der Waals surface area contributed by atoms with Gasteiger partial charge in [0.05, 0.1) is 38.3 Å². The van der Waals surface area contributed by atoms with Crippen molar-refractivity contribution >= 4 is 46.3 Å². The number of anilines is 1. The molecule has 7 rings (SSSR count). The first-order chi connectivity index (χ1) is 19.9. The average molecular weight is 613 g/mol. The Morgan fingerprint density at radius 1 is 0.976 bits per heavy atom. The molecule has 0 saturated carbocycles. The standard InChI is InChI=1S/C20H22FN9O9P2/c21-8-6-1-34-41-39-19-11(31)12(18(37-19)30-5-26-10-14(30)27-20(22)28-16(10)33)38-40-35-2-7(6)36-17(8)29-4-25-9-13(29)23-3-24-15(9)32/h3-8,11-12,17-19,31,40-41H,1-2H2,(H,23,24,32)(H3,22,27,28,33)/t6-,7-,8+,11+,12-,17-,18-,19?/m1/s1. The highest BCUT2D eigenvalue weighted by molar-refractivity contribution is 7.26. The van der Waals surface area contributed by atoms with Crippen LogP contribution < -0.4 is 16.9 Å². The number of imidazole rings is 2. The van der Waals surface area contributed by atoms with Gasteiger partial charge < -0.3 is 43.4 Å². The molecule has 2 bridgehead atoms. The normalized spacial score (nSPS) is 34.1. The third-order valence-corrected chi connectivity index (χ3v) is 8.26. The van der Waals surface area contributed by atoms with E-state index < -0.39 is 78.3 Å². The summed E-state index contributed by atoms with van der Waals surface area (Å²) in [6.07, 6.45) is -4.19. The molecular weight excluding hydrogens is 591 g/mol. The number of aromatic nitrogens is 8. The molecule has 0 spiro atoms. The van der Waals surface area contributed by atoms with Crippen molar-refractivity contribution in [2.45, 2.75) is 43.2 Å². The molecular formula is C20H22FN9O9P2. The lowest BCUT2D eigenvalue weighted by molar-refractivity contribution is -0.123. The fourth-order valence-electron chi connectivity index (χ4n) is 5.02. The molecule has 3 unspecified atom stereocenters. The van der Waals surface area contributed by atoms with E-state index in [9.17, 15) is 14.7 Å². The number of fused-ring (bicyclic) bond motifs is 5. The molecule has 4 aromatic heterocycles. The van der Waals surface area contributed by atoms with Gasteiger partial charge in [0.2, 0.25) is 5.95 Å². The van der Waals surface area contributed by atoms with Crippen molar-refractivity contribution < 1.29 is 37.1 Å². The van der Waals surface area contributed by atoms with Crippen LogP contribution in [0.1, 0.15) is 12.5 Å². The monoisotopic (exact) mass is 613 g/mol. The molecule has 21 heteroatoms. The van der Waals surface area contributed by atoms with Crippen molar-refractivity contribution in [3.05, 3.63) is 39.7 Å². The number of hydrogen-bond acceptors (Lipinski definition) is 14. The topological polar surface area (TPSA) is 229 Å². The summed E-state index contributed by atoms with van der Waals surface area (Å²) in [5.74, 6) is -0.902. The first-order valence-corrected chi connectivity index (χ1v) is 13.8. The van der Waals surface area contributed by atoms with Crippen LogP contribution in [0.25, 0.3) is 22.3 Å². The highest BCUT2D eigenvalue weighted by Gasteiger charge is 2.49. The maximum atomic E-state index is 15.7. The van der Waals surface area contributed by atoms with Crippen LogP contribution in [-0.2, 0) is 27.6 Å². The Balaban J connectivity index is 1.11. The number of aliphatic hydroxyl groups excluding tert-OH is 1. The summed E-state index contributed by atoms with van der Waals surface area (Å²) < 4.78 is 53.3. The van der Waals surface area contributed by atoms with Gasteiger partial charge in [0.25, 0.3) is 11.1 Å². The summed E-state index contributed by atoms with van der Waals surface area (Å²) in [6.45, 7) is -0.185. The maximum absolute atomic E-state index is 15.7. The van der Waals surface area contributed by atoms with E-state index in [1.165, 1.54) is 28.1 Å². The molecule has 10 atom stereocenters. The van der Waals surface area contributed by atoms with Crippen LogP contribution in [-0.4, -0.2) is 88.1 Å². The van der Waals surface area contributed by atoms with Gasteiger partial charge in [-0.1, -0.05) is 0 Å². The van der Waals surface area contributed by atoms with Gasteiger partial charge in [-0.25, -0.2) is 19.3 Å². The van der Waals surface area contributed by atoms with Crippen LogP contribution >= 0.6 is 18.1 Å². The van der Waals surface area contributed by atoms with Crippen LogP contribution in [0.2, 0.25) is 0 Å². The van der Waals surface area contributed by atoms with Crippen molar-refractivity contribution in [3.8, 4) is 0 Å². The fourth-order valence-corrected chi connectivity index (χ4v) is 6.30. The van der Waals surface area contributed by atoms with Crippen molar-refractivity contribution in [1.82, 2.24) is 39.0 Å². The molecule has 3 fully saturated rings. The lowest BCUT2D eigenvalue weighted by Gasteiger charge is -2.22. The predicted molar refractivity (Wildman–Crippen MR) is 137 cm³/mol. The van der Waals surface area contributed by atoms with Gasteiger partial charge in [-0.05, 0) is 0 Å². The fraction of sp³-hybridized carbons (Fsp3) is 0.500. The van der Waals surface area contributed by atoms with Gasteiger partial charge in [0.1, 0.15) is 12.2 Å². The zero-order chi connectivity index (χ0) is 28.2. The van der Waals surface area contributed by atoms with Gasteiger partial charge in [0.15, 0.2) is 65.3 Å².